The van der Waals surface area contributed by atoms with Crippen molar-refractivity contribution in [1.82, 2.24) is 19.1 Å². The normalized spacial score (nSPS) is 15.0. The molecule has 5 atom stereocenters. The third-order valence-corrected chi connectivity index (χ3v) is 18.0. The number of para-hydroxylation sites is 1. The molecule has 3 heterocycles. The molecular formula is C68H92N4S. The summed E-state index contributed by atoms with van der Waals surface area (Å²) in [6.45, 7) is 40.5. The summed E-state index contributed by atoms with van der Waals surface area (Å²) in [4.78, 5) is 11.5. The maximum atomic E-state index is 5.15. The highest BCUT2D eigenvalue weighted by molar-refractivity contribution is 7.19. The summed E-state index contributed by atoms with van der Waals surface area (Å²) in [5.74, 6) is 8.56. The number of imidazole rings is 2. The Balaban J connectivity index is 0.000000233. The van der Waals surface area contributed by atoms with Gasteiger partial charge in [-0.2, -0.15) is 0 Å². The van der Waals surface area contributed by atoms with Crippen molar-refractivity contribution in [1.29, 1.82) is 0 Å². The van der Waals surface area contributed by atoms with Gasteiger partial charge in [0, 0.05) is 50.9 Å². The molecule has 4 nitrogen and oxygen atoms in total. The predicted octanol–water partition coefficient (Wildman–Crippen LogP) is 20.5. The molecule has 0 aliphatic heterocycles. The van der Waals surface area contributed by atoms with Crippen molar-refractivity contribution in [3.05, 3.63) is 148 Å². The molecule has 1 aliphatic carbocycles. The van der Waals surface area contributed by atoms with Crippen molar-refractivity contribution in [2.24, 2.45) is 41.4 Å². The lowest BCUT2D eigenvalue weighted by molar-refractivity contribution is 0.247. The van der Waals surface area contributed by atoms with E-state index >= 15 is 0 Å². The molecule has 5 unspecified atom stereocenters. The van der Waals surface area contributed by atoms with Gasteiger partial charge in [-0.15, -0.1) is 11.3 Å². The summed E-state index contributed by atoms with van der Waals surface area (Å²) in [6.07, 6.45) is 18.9. The second kappa shape index (κ2) is 24.6. The van der Waals surface area contributed by atoms with Gasteiger partial charge in [-0.25, -0.2) is 9.97 Å². The zero-order valence-corrected chi connectivity index (χ0v) is 48.9. The molecule has 0 fully saturated rings. The molecule has 0 N–H and O–H groups in total. The van der Waals surface area contributed by atoms with Crippen molar-refractivity contribution >= 4 is 27.5 Å². The van der Waals surface area contributed by atoms with Crippen LogP contribution in [-0.2, 0) is 6.42 Å². The third kappa shape index (κ3) is 11.8. The molecule has 0 saturated carbocycles. The number of aryl methyl sites for hydroxylation is 1. The molecule has 1 aliphatic rings. The van der Waals surface area contributed by atoms with E-state index in [-0.39, 0.29) is 0 Å². The van der Waals surface area contributed by atoms with E-state index in [4.69, 9.17) is 9.97 Å². The first kappa shape index (κ1) is 55.7. The van der Waals surface area contributed by atoms with Gasteiger partial charge in [-0.3, -0.25) is 9.13 Å². The first-order chi connectivity index (χ1) is 34.9. The molecule has 5 heteroatoms. The van der Waals surface area contributed by atoms with Gasteiger partial charge in [0.05, 0.1) is 11.4 Å². The van der Waals surface area contributed by atoms with Crippen LogP contribution in [0.5, 0.6) is 0 Å². The van der Waals surface area contributed by atoms with Crippen LogP contribution >= 0.6 is 11.3 Å². The maximum absolute atomic E-state index is 5.15. The van der Waals surface area contributed by atoms with Crippen molar-refractivity contribution in [3.8, 4) is 34.2 Å². The number of aromatic nitrogens is 4. The highest BCUT2D eigenvalue weighted by atomic mass is 32.1. The molecule has 8 rings (SSSR count). The Bertz CT molecular complexity index is 2860. The van der Waals surface area contributed by atoms with E-state index in [1.165, 1.54) is 60.4 Å². The van der Waals surface area contributed by atoms with E-state index in [0.29, 0.717) is 71.0 Å². The van der Waals surface area contributed by atoms with Gasteiger partial charge in [-0.05, 0) is 143 Å². The summed E-state index contributed by atoms with van der Waals surface area (Å²) in [5.41, 5.74) is 14.0. The van der Waals surface area contributed by atoms with Crippen LogP contribution in [0, 0.1) is 41.4 Å². The molecule has 0 saturated heterocycles. The van der Waals surface area contributed by atoms with Crippen LogP contribution in [0.15, 0.2) is 110 Å². The van der Waals surface area contributed by atoms with Crippen LogP contribution in [0.25, 0.3) is 50.3 Å². The van der Waals surface area contributed by atoms with E-state index in [2.05, 4.69) is 242 Å². The van der Waals surface area contributed by atoms with Gasteiger partial charge in [0.15, 0.2) is 0 Å². The number of thiophene rings is 1. The minimum absolute atomic E-state index is 0.411. The van der Waals surface area contributed by atoms with Crippen molar-refractivity contribution < 1.29 is 0 Å². The van der Waals surface area contributed by atoms with E-state index in [1.807, 2.05) is 12.4 Å². The fourth-order valence-electron chi connectivity index (χ4n) is 13.2. The highest BCUT2D eigenvalue weighted by Crippen LogP contribution is 2.50. The third-order valence-electron chi connectivity index (χ3n) is 16.8. The highest BCUT2D eigenvalue weighted by Gasteiger charge is 2.34. The van der Waals surface area contributed by atoms with Crippen LogP contribution in [0.3, 0.4) is 0 Å². The molecule has 7 aromatic rings. The maximum Gasteiger partial charge on any atom is 0.144 e. The average molecular weight is 998 g/mol. The number of nitrogens with zero attached hydrogens (tertiary/aromatic N) is 4. The average Bonchev–Trinajstić information content (AvgIpc) is 4.13. The smallest absolute Gasteiger partial charge is 0.144 e. The molecule has 3 aromatic heterocycles. The summed E-state index contributed by atoms with van der Waals surface area (Å²) < 4.78 is 6.31. The minimum atomic E-state index is 0.411. The lowest BCUT2D eigenvalue weighted by atomic mass is 9.72. The van der Waals surface area contributed by atoms with E-state index in [1.54, 1.807) is 4.88 Å². The van der Waals surface area contributed by atoms with Gasteiger partial charge in [-0.1, -0.05) is 203 Å². The molecule has 0 amide bonds. The van der Waals surface area contributed by atoms with Crippen molar-refractivity contribution in [3.63, 3.8) is 0 Å². The first-order valence-electron chi connectivity index (χ1n) is 28.5. The molecular weight excluding hydrogens is 905 g/mol. The van der Waals surface area contributed by atoms with Gasteiger partial charge >= 0.3 is 0 Å². The first-order valence-corrected chi connectivity index (χ1v) is 29.4. The Morgan fingerprint density at radius 2 is 1.12 bits per heavy atom. The van der Waals surface area contributed by atoms with Crippen LogP contribution in [-0.4, -0.2) is 19.1 Å². The molecule has 0 bridgehead atoms. The molecule has 0 radical (unpaired) electrons. The number of allylic oxidation sites excluding steroid dienone is 1. The topological polar surface area (TPSA) is 35.6 Å². The summed E-state index contributed by atoms with van der Waals surface area (Å²) in [6, 6.07) is 29.1. The van der Waals surface area contributed by atoms with Gasteiger partial charge in [0.25, 0.3) is 0 Å². The standard InChI is InChI=1S/C41H56N2S.C27H36N2/c1-24(2)22-28(9)38-39-33-18-14-15-19-35(33)44-36(39)23-34(30(11)37(26(5)6)27(7)8)40(38)43-21-20-42-41(43)32-17-13-12-16-31(32)29(10)25(3)4;1-7-22(19(3)4)24-15-12-16-25(23(8-2)20(5)6)26(24)29-18-17-28-27(29)21-13-10-9-11-14-21/h12-14,16-18,20-21,23-30,37H,15,19,22H2,1-11H3;9-20,22-23H,7-8H2,1-6H3. The fraction of sp³-hybridized carbons (Fsp3) is 0.500. The van der Waals surface area contributed by atoms with Crippen LogP contribution < -0.4 is 0 Å². The number of benzene rings is 4. The summed E-state index contributed by atoms with van der Waals surface area (Å²) in [7, 11) is 0. The Labute approximate surface area is 447 Å². The summed E-state index contributed by atoms with van der Waals surface area (Å²) >= 11 is 2.05. The zero-order valence-electron chi connectivity index (χ0n) is 48.1. The molecule has 0 spiro atoms. The summed E-state index contributed by atoms with van der Waals surface area (Å²) in [5, 5.41) is 1.49. The minimum Gasteiger partial charge on any atom is -0.299 e. The second-order valence-corrected chi connectivity index (χ2v) is 25.0. The molecule has 73 heavy (non-hydrogen) atoms. The number of rotatable bonds is 19. The molecule has 4 aromatic carbocycles. The SMILES string of the molecule is CC(C)CC(C)c1c(-n2ccnc2-c2ccccc2C(C)C(C)C)c(C(C)C(C(C)C)C(C)C)cc2sc3c(c12)C=CCC3.CCC(c1cccc(C(CC)C(C)C)c1-n1ccnc1-c1ccccc1)C(C)C. The van der Waals surface area contributed by atoms with Crippen LogP contribution in [0.2, 0.25) is 0 Å². The number of hydrogen-bond donors (Lipinski definition) is 0. The van der Waals surface area contributed by atoms with E-state index < -0.39 is 0 Å². The van der Waals surface area contributed by atoms with Gasteiger partial charge in [0.2, 0.25) is 0 Å². The monoisotopic (exact) mass is 997 g/mol. The zero-order chi connectivity index (χ0) is 52.8. The fourth-order valence-corrected chi connectivity index (χ4v) is 14.5. The van der Waals surface area contributed by atoms with Crippen molar-refractivity contribution in [2.75, 3.05) is 0 Å². The Morgan fingerprint density at radius 3 is 1.68 bits per heavy atom. The largest absolute Gasteiger partial charge is 0.299 e. The van der Waals surface area contributed by atoms with Gasteiger partial charge in [0.1, 0.15) is 11.6 Å². The Hall–Kier alpha value is -5.00. The van der Waals surface area contributed by atoms with Gasteiger partial charge < -0.3 is 0 Å². The van der Waals surface area contributed by atoms with Crippen LogP contribution in [0.1, 0.15) is 211 Å². The van der Waals surface area contributed by atoms with Crippen molar-refractivity contribution in [2.45, 2.75) is 179 Å². The Kier molecular flexibility index (Phi) is 18.8. The number of hydrogen-bond acceptors (Lipinski definition) is 3. The quantitative estimate of drug-likeness (QED) is 0.0809. The lowest BCUT2D eigenvalue weighted by Gasteiger charge is -2.34. The van der Waals surface area contributed by atoms with Crippen LogP contribution in [0.4, 0.5) is 0 Å². The lowest BCUT2D eigenvalue weighted by Crippen LogP contribution is -2.24. The number of fused-ring (bicyclic) bond motifs is 3. The second-order valence-electron chi connectivity index (χ2n) is 23.9. The predicted molar refractivity (Wildman–Crippen MR) is 319 cm³/mol. The van der Waals surface area contributed by atoms with E-state index in [9.17, 15) is 0 Å². The van der Waals surface area contributed by atoms with E-state index in [0.717, 1.165) is 49.3 Å². The molecule has 390 valence electrons. The Morgan fingerprint density at radius 1 is 0.562 bits per heavy atom.